The van der Waals surface area contributed by atoms with Gasteiger partial charge in [0, 0.05) is 0 Å². The van der Waals surface area contributed by atoms with Gasteiger partial charge in [-0.25, -0.2) is 0 Å². The summed E-state index contributed by atoms with van der Waals surface area (Å²) < 4.78 is 0. The van der Waals surface area contributed by atoms with Crippen LogP contribution in [-0.2, 0) is 4.79 Å². The number of carboxylic acid groups (broad SMARTS) is 1. The van der Waals surface area contributed by atoms with Crippen molar-refractivity contribution in [1.82, 2.24) is 5.32 Å². The van der Waals surface area contributed by atoms with Crippen molar-refractivity contribution < 1.29 is 9.90 Å². The molecule has 0 amide bonds. The van der Waals surface area contributed by atoms with E-state index in [9.17, 15) is 9.90 Å². The number of carbonyl (C=O) groups is 1. The Bertz CT molecular complexity index is 359. The molecule has 0 rings (SSSR count). The van der Waals surface area contributed by atoms with E-state index in [0.717, 1.165) is 25.8 Å². The molecule has 4 heteroatoms. The zero-order valence-electron chi connectivity index (χ0n) is 18.6. The predicted molar refractivity (Wildman–Crippen MR) is 122 cm³/mol. The Kier molecular flexibility index (Phi) is 21.7. The molecule has 0 aliphatic carbocycles. The molecule has 0 aromatic heterocycles. The Hall–Kier alpha value is -0.870. The summed E-state index contributed by atoms with van der Waals surface area (Å²) in [5, 5.41) is 12.4. The van der Waals surface area contributed by atoms with Crippen molar-refractivity contribution in [2.75, 3.05) is 13.1 Å². The Morgan fingerprint density at radius 2 is 1.36 bits per heavy atom. The van der Waals surface area contributed by atoms with Crippen LogP contribution in [0.2, 0.25) is 0 Å². The number of nitrogens with one attached hydrogen (secondary N) is 1. The SMILES string of the molecule is CCCCCCCCC=CCCCCCCCCN[C@@H](CCCCN)C(=O)O. The molecule has 0 unspecified atom stereocenters. The predicted octanol–water partition coefficient (Wildman–Crippen LogP) is 6.20. The van der Waals surface area contributed by atoms with Gasteiger partial charge in [0.2, 0.25) is 0 Å². The number of aliphatic carboxylic acids is 1. The minimum Gasteiger partial charge on any atom is -0.480 e. The molecule has 166 valence electrons. The summed E-state index contributed by atoms with van der Waals surface area (Å²) in [5.41, 5.74) is 5.46. The highest BCUT2D eigenvalue weighted by atomic mass is 16.4. The lowest BCUT2D eigenvalue weighted by Crippen LogP contribution is -2.37. The Morgan fingerprint density at radius 3 is 1.89 bits per heavy atom. The summed E-state index contributed by atoms with van der Waals surface area (Å²) in [4.78, 5) is 11.2. The molecule has 0 radical (unpaired) electrons. The summed E-state index contributed by atoms with van der Waals surface area (Å²) in [6, 6.07) is -0.408. The molecule has 0 bridgehead atoms. The Balaban J connectivity index is 3.34. The molecule has 0 spiro atoms. The van der Waals surface area contributed by atoms with Gasteiger partial charge in [0.15, 0.2) is 0 Å². The molecule has 0 aromatic carbocycles. The van der Waals surface area contributed by atoms with Crippen LogP contribution in [0.25, 0.3) is 0 Å². The maximum atomic E-state index is 11.2. The summed E-state index contributed by atoms with van der Waals surface area (Å²) in [6.45, 7) is 3.71. The summed E-state index contributed by atoms with van der Waals surface area (Å²) in [5.74, 6) is -0.735. The first kappa shape index (κ1) is 27.1. The maximum absolute atomic E-state index is 11.2. The third kappa shape index (κ3) is 19.9. The smallest absolute Gasteiger partial charge is 0.320 e. The average Bonchev–Trinajstić information content (AvgIpc) is 2.68. The van der Waals surface area contributed by atoms with E-state index >= 15 is 0 Å². The van der Waals surface area contributed by atoms with Crippen LogP contribution in [0.3, 0.4) is 0 Å². The molecule has 0 fully saturated rings. The van der Waals surface area contributed by atoms with E-state index in [-0.39, 0.29) is 0 Å². The van der Waals surface area contributed by atoms with E-state index in [1.54, 1.807) is 0 Å². The molecule has 0 heterocycles. The van der Waals surface area contributed by atoms with Crippen molar-refractivity contribution in [3.8, 4) is 0 Å². The number of allylic oxidation sites excluding steroid dienone is 2. The van der Waals surface area contributed by atoms with Gasteiger partial charge < -0.3 is 16.2 Å². The fraction of sp³-hybridized carbons (Fsp3) is 0.875. The number of hydrogen-bond donors (Lipinski definition) is 3. The van der Waals surface area contributed by atoms with Crippen LogP contribution in [0.15, 0.2) is 12.2 Å². The first-order chi connectivity index (χ1) is 13.7. The number of carboxylic acids is 1. The largest absolute Gasteiger partial charge is 0.480 e. The summed E-state index contributed by atoms with van der Waals surface area (Å²) >= 11 is 0. The van der Waals surface area contributed by atoms with Crippen molar-refractivity contribution in [3.05, 3.63) is 12.2 Å². The zero-order chi connectivity index (χ0) is 20.7. The number of rotatable bonds is 22. The van der Waals surface area contributed by atoms with Crippen LogP contribution < -0.4 is 11.1 Å². The van der Waals surface area contributed by atoms with Crippen molar-refractivity contribution >= 4 is 5.97 Å². The number of hydrogen-bond acceptors (Lipinski definition) is 3. The van der Waals surface area contributed by atoms with Gasteiger partial charge in [-0.05, 0) is 58.0 Å². The quantitative estimate of drug-likeness (QED) is 0.150. The molecule has 0 aliphatic heterocycles. The Labute approximate surface area is 174 Å². The van der Waals surface area contributed by atoms with Gasteiger partial charge in [-0.2, -0.15) is 0 Å². The van der Waals surface area contributed by atoms with Crippen LogP contribution in [-0.4, -0.2) is 30.2 Å². The Morgan fingerprint density at radius 1 is 0.821 bits per heavy atom. The zero-order valence-corrected chi connectivity index (χ0v) is 18.6. The minimum atomic E-state index is -0.735. The fourth-order valence-electron chi connectivity index (χ4n) is 3.45. The van der Waals surface area contributed by atoms with E-state index in [4.69, 9.17) is 5.73 Å². The molecule has 0 saturated carbocycles. The van der Waals surface area contributed by atoms with Crippen molar-refractivity contribution in [3.63, 3.8) is 0 Å². The van der Waals surface area contributed by atoms with Gasteiger partial charge in [-0.3, -0.25) is 4.79 Å². The standard InChI is InChI=1S/C24H48N2O2/c1-2-3-4-5-6-7-8-9-10-11-12-13-14-15-16-19-22-26-23(24(27)28)20-17-18-21-25/h9-10,23,26H,2-8,11-22,25H2,1H3,(H,27,28)/t23-/m0/s1. The van der Waals surface area contributed by atoms with Gasteiger partial charge in [-0.1, -0.05) is 83.3 Å². The molecular weight excluding hydrogens is 348 g/mol. The molecule has 0 saturated heterocycles. The second kappa shape index (κ2) is 22.4. The van der Waals surface area contributed by atoms with Crippen LogP contribution in [0.5, 0.6) is 0 Å². The lowest BCUT2D eigenvalue weighted by molar-refractivity contribution is -0.139. The van der Waals surface area contributed by atoms with E-state index in [1.807, 2.05) is 0 Å². The van der Waals surface area contributed by atoms with Crippen LogP contribution in [0.1, 0.15) is 116 Å². The number of unbranched alkanes of at least 4 members (excludes halogenated alkanes) is 13. The third-order valence-corrected chi connectivity index (χ3v) is 5.32. The highest BCUT2D eigenvalue weighted by molar-refractivity contribution is 5.73. The molecule has 0 aromatic rings. The first-order valence-electron chi connectivity index (χ1n) is 12.0. The molecule has 1 atom stereocenters. The van der Waals surface area contributed by atoms with Gasteiger partial charge in [-0.15, -0.1) is 0 Å². The van der Waals surface area contributed by atoms with E-state index in [1.165, 1.54) is 83.5 Å². The normalized spacial score (nSPS) is 12.6. The van der Waals surface area contributed by atoms with Crippen molar-refractivity contribution in [2.45, 2.75) is 122 Å². The van der Waals surface area contributed by atoms with Crippen LogP contribution in [0, 0.1) is 0 Å². The van der Waals surface area contributed by atoms with Gasteiger partial charge in [0.25, 0.3) is 0 Å². The first-order valence-corrected chi connectivity index (χ1v) is 12.0. The monoisotopic (exact) mass is 396 g/mol. The summed E-state index contributed by atoms with van der Waals surface area (Å²) in [6.07, 6.45) is 25.4. The lowest BCUT2D eigenvalue weighted by atomic mass is 10.1. The number of nitrogens with two attached hydrogens (primary N) is 1. The van der Waals surface area contributed by atoms with Crippen LogP contribution in [0.4, 0.5) is 0 Å². The van der Waals surface area contributed by atoms with Crippen molar-refractivity contribution in [1.29, 1.82) is 0 Å². The highest BCUT2D eigenvalue weighted by Crippen LogP contribution is 2.10. The topological polar surface area (TPSA) is 75.3 Å². The van der Waals surface area contributed by atoms with E-state index in [2.05, 4.69) is 24.4 Å². The van der Waals surface area contributed by atoms with Gasteiger partial charge >= 0.3 is 5.97 Å². The van der Waals surface area contributed by atoms with Gasteiger partial charge in [0.1, 0.15) is 6.04 Å². The second-order valence-electron chi connectivity index (χ2n) is 8.07. The molecule has 4 nitrogen and oxygen atoms in total. The highest BCUT2D eigenvalue weighted by Gasteiger charge is 2.15. The summed E-state index contributed by atoms with van der Waals surface area (Å²) in [7, 11) is 0. The minimum absolute atomic E-state index is 0.408. The van der Waals surface area contributed by atoms with Crippen molar-refractivity contribution in [2.24, 2.45) is 5.73 Å². The second-order valence-corrected chi connectivity index (χ2v) is 8.07. The molecule has 4 N–H and O–H groups in total. The molecular formula is C24H48N2O2. The molecule has 28 heavy (non-hydrogen) atoms. The average molecular weight is 397 g/mol. The van der Waals surface area contributed by atoms with E-state index < -0.39 is 12.0 Å². The lowest BCUT2D eigenvalue weighted by Gasteiger charge is -2.14. The maximum Gasteiger partial charge on any atom is 0.320 e. The van der Waals surface area contributed by atoms with Crippen LogP contribution >= 0.6 is 0 Å². The fourth-order valence-corrected chi connectivity index (χ4v) is 3.45. The van der Waals surface area contributed by atoms with E-state index in [0.29, 0.717) is 13.0 Å². The third-order valence-electron chi connectivity index (χ3n) is 5.32. The van der Waals surface area contributed by atoms with Gasteiger partial charge in [0.05, 0.1) is 0 Å². The molecule has 0 aliphatic rings.